The summed E-state index contributed by atoms with van der Waals surface area (Å²) < 4.78 is 11.1. The van der Waals surface area contributed by atoms with E-state index in [0.29, 0.717) is 32.9 Å². The summed E-state index contributed by atoms with van der Waals surface area (Å²) >= 11 is 11.9. The third-order valence-corrected chi connectivity index (χ3v) is 6.35. The Balaban J connectivity index is 1.57. The van der Waals surface area contributed by atoms with E-state index in [1.165, 1.54) is 13.2 Å². The Morgan fingerprint density at radius 1 is 1.14 bits per heavy atom. The highest BCUT2D eigenvalue weighted by molar-refractivity contribution is 7.80. The van der Waals surface area contributed by atoms with Crippen molar-refractivity contribution in [3.63, 3.8) is 0 Å². The molecule has 0 radical (unpaired) electrons. The van der Waals surface area contributed by atoms with Gasteiger partial charge in [0, 0.05) is 16.8 Å². The van der Waals surface area contributed by atoms with Crippen LogP contribution in [0.3, 0.4) is 0 Å². The molecular formula is C26H20ClN3O4S. The number of nitrogens with one attached hydrogen (secondary N) is 1. The first-order chi connectivity index (χ1) is 17.0. The van der Waals surface area contributed by atoms with E-state index in [0.717, 1.165) is 11.3 Å². The average molecular weight is 506 g/mol. The van der Waals surface area contributed by atoms with Crippen LogP contribution in [0.15, 0.2) is 83.4 Å². The van der Waals surface area contributed by atoms with Crippen molar-refractivity contribution in [3.05, 3.63) is 101 Å². The van der Waals surface area contributed by atoms with E-state index in [9.17, 15) is 9.90 Å². The van der Waals surface area contributed by atoms with Crippen LogP contribution in [-0.4, -0.2) is 28.3 Å². The summed E-state index contributed by atoms with van der Waals surface area (Å²) in [4.78, 5) is 18.1. The van der Waals surface area contributed by atoms with Crippen LogP contribution in [-0.2, 0) is 4.74 Å². The van der Waals surface area contributed by atoms with Gasteiger partial charge in [0.15, 0.2) is 5.11 Å². The molecular weight excluding hydrogens is 486 g/mol. The number of methoxy groups -OCH3 is 1. The van der Waals surface area contributed by atoms with Crippen LogP contribution in [0.2, 0.25) is 5.02 Å². The van der Waals surface area contributed by atoms with E-state index in [1.54, 1.807) is 47.5 Å². The molecule has 0 amide bonds. The number of anilines is 1. The van der Waals surface area contributed by atoms with Crippen LogP contribution in [0.5, 0.6) is 5.75 Å². The second kappa shape index (κ2) is 9.40. The number of halogens is 1. The van der Waals surface area contributed by atoms with Gasteiger partial charge < -0.3 is 24.5 Å². The molecule has 176 valence electrons. The summed E-state index contributed by atoms with van der Waals surface area (Å²) in [5.74, 6) is 0.858. The van der Waals surface area contributed by atoms with Gasteiger partial charge in [-0.1, -0.05) is 29.8 Å². The van der Waals surface area contributed by atoms with Crippen molar-refractivity contribution in [2.24, 2.45) is 0 Å². The second-order valence-electron chi connectivity index (χ2n) is 7.90. The number of thiocarbonyl (C=S) groups is 1. The zero-order valence-corrected chi connectivity index (χ0v) is 20.1. The number of benzene rings is 2. The molecule has 5 rings (SSSR count). The third-order valence-electron chi connectivity index (χ3n) is 5.80. The maximum atomic E-state index is 11.8. The minimum atomic E-state index is -0.454. The van der Waals surface area contributed by atoms with Crippen LogP contribution >= 0.6 is 23.8 Å². The number of esters is 1. The number of aromatic nitrogens is 1. The minimum Gasteiger partial charge on any atom is -0.506 e. The van der Waals surface area contributed by atoms with Crippen LogP contribution in [0.1, 0.15) is 33.9 Å². The standard InChI is InChI=1S/C26H20ClN3O4S/c1-33-25(32)16-7-5-15(6-8-16)21-11-12-22(34-21)24-23(18-4-2-3-13-28-18)29-26(35)30(24)19-14-17(27)9-10-20(19)31/h2-14,23-24,31H,1H3,(H,29,35)/t23-,24+/m0/s1. The predicted octanol–water partition coefficient (Wildman–Crippen LogP) is 5.66. The van der Waals surface area contributed by atoms with E-state index < -0.39 is 12.0 Å². The van der Waals surface area contributed by atoms with Gasteiger partial charge in [-0.2, -0.15) is 0 Å². The zero-order chi connectivity index (χ0) is 24.5. The molecule has 2 N–H and O–H groups in total. The SMILES string of the molecule is COC(=O)c1ccc(-c2ccc([C@@H]3[C@H](c4ccccn4)NC(=S)N3c3cc(Cl)ccc3O)o2)cc1. The smallest absolute Gasteiger partial charge is 0.337 e. The van der Waals surface area contributed by atoms with E-state index in [2.05, 4.69) is 10.3 Å². The molecule has 2 aromatic carbocycles. The lowest BCUT2D eigenvalue weighted by Crippen LogP contribution is -2.29. The molecule has 0 saturated carbocycles. The maximum Gasteiger partial charge on any atom is 0.337 e. The number of ether oxygens (including phenoxy) is 1. The lowest BCUT2D eigenvalue weighted by Gasteiger charge is -2.26. The van der Waals surface area contributed by atoms with E-state index in [1.807, 2.05) is 30.3 Å². The number of aromatic hydroxyl groups is 1. The lowest BCUT2D eigenvalue weighted by atomic mass is 10.0. The minimum absolute atomic E-state index is 0.0374. The Kier molecular flexibility index (Phi) is 6.15. The number of carbonyl (C=O) groups is 1. The number of rotatable bonds is 5. The van der Waals surface area contributed by atoms with Crippen LogP contribution in [0.4, 0.5) is 5.69 Å². The Morgan fingerprint density at radius 3 is 2.66 bits per heavy atom. The van der Waals surface area contributed by atoms with Gasteiger partial charge in [-0.3, -0.25) is 4.98 Å². The van der Waals surface area contributed by atoms with Gasteiger partial charge in [0.05, 0.1) is 30.1 Å². The first-order valence-corrected chi connectivity index (χ1v) is 11.5. The topological polar surface area (TPSA) is 87.8 Å². The van der Waals surface area contributed by atoms with Crippen molar-refractivity contribution in [3.8, 4) is 17.1 Å². The molecule has 1 saturated heterocycles. The van der Waals surface area contributed by atoms with Crippen LogP contribution in [0, 0.1) is 0 Å². The fourth-order valence-electron chi connectivity index (χ4n) is 4.15. The van der Waals surface area contributed by atoms with Crippen molar-refractivity contribution < 1.29 is 19.1 Å². The quantitative estimate of drug-likeness (QED) is 0.265. The van der Waals surface area contributed by atoms with Crippen LogP contribution < -0.4 is 10.2 Å². The third kappa shape index (κ3) is 4.34. The number of pyridine rings is 1. The van der Waals surface area contributed by atoms with Crippen molar-refractivity contribution in [1.29, 1.82) is 0 Å². The molecule has 3 heterocycles. The largest absolute Gasteiger partial charge is 0.506 e. The van der Waals surface area contributed by atoms with Gasteiger partial charge in [0.2, 0.25) is 0 Å². The summed E-state index contributed by atoms with van der Waals surface area (Å²) in [6.07, 6.45) is 1.72. The Hall–Kier alpha value is -3.88. The molecule has 2 atom stereocenters. The highest BCUT2D eigenvalue weighted by Crippen LogP contribution is 2.45. The van der Waals surface area contributed by atoms with Gasteiger partial charge >= 0.3 is 5.97 Å². The fraction of sp³-hybridized carbons (Fsp3) is 0.115. The first kappa shape index (κ1) is 22.9. The number of phenols is 1. The predicted molar refractivity (Wildman–Crippen MR) is 137 cm³/mol. The van der Waals surface area contributed by atoms with Gasteiger partial charge in [-0.25, -0.2) is 4.79 Å². The van der Waals surface area contributed by atoms with E-state index >= 15 is 0 Å². The Labute approximate surface area is 211 Å². The maximum absolute atomic E-state index is 11.8. The van der Waals surface area contributed by atoms with Gasteiger partial charge in [-0.15, -0.1) is 0 Å². The van der Waals surface area contributed by atoms with Gasteiger partial charge in [-0.05, 0) is 66.8 Å². The van der Waals surface area contributed by atoms with Gasteiger partial charge in [0.25, 0.3) is 0 Å². The lowest BCUT2D eigenvalue weighted by molar-refractivity contribution is 0.0600. The summed E-state index contributed by atoms with van der Waals surface area (Å²) in [5, 5.41) is 14.8. The van der Waals surface area contributed by atoms with Crippen molar-refractivity contribution in [1.82, 2.24) is 10.3 Å². The number of nitrogens with zero attached hydrogens (tertiary/aromatic N) is 2. The molecule has 0 unspecified atom stereocenters. The number of phenolic OH excluding ortho intramolecular Hbond substituents is 1. The zero-order valence-electron chi connectivity index (χ0n) is 18.5. The summed E-state index contributed by atoms with van der Waals surface area (Å²) in [6, 6.07) is 20.3. The molecule has 35 heavy (non-hydrogen) atoms. The molecule has 1 aliphatic heterocycles. The number of hydrogen-bond donors (Lipinski definition) is 2. The van der Waals surface area contributed by atoms with E-state index in [4.69, 9.17) is 33.0 Å². The van der Waals surface area contributed by atoms with Crippen LogP contribution in [0.25, 0.3) is 11.3 Å². The number of furan rings is 1. The number of hydrogen-bond acceptors (Lipinski definition) is 6. The second-order valence-corrected chi connectivity index (χ2v) is 8.72. The molecule has 2 aromatic heterocycles. The number of carbonyl (C=O) groups excluding carboxylic acids is 1. The van der Waals surface area contributed by atoms with Crippen molar-refractivity contribution in [2.75, 3.05) is 12.0 Å². The summed E-state index contributed by atoms with van der Waals surface area (Å²) in [5.41, 5.74) is 2.47. The summed E-state index contributed by atoms with van der Waals surface area (Å²) in [6.45, 7) is 0. The van der Waals surface area contributed by atoms with Gasteiger partial charge in [0.1, 0.15) is 23.3 Å². The molecule has 1 aliphatic rings. The normalized spacial score (nSPS) is 17.3. The molecule has 0 spiro atoms. The van der Waals surface area contributed by atoms with Crippen molar-refractivity contribution in [2.45, 2.75) is 12.1 Å². The molecule has 0 bridgehead atoms. The molecule has 7 nitrogen and oxygen atoms in total. The highest BCUT2D eigenvalue weighted by Gasteiger charge is 2.43. The highest BCUT2D eigenvalue weighted by atomic mass is 35.5. The Morgan fingerprint density at radius 2 is 1.94 bits per heavy atom. The molecule has 1 fully saturated rings. The van der Waals surface area contributed by atoms with E-state index in [-0.39, 0.29) is 11.8 Å². The summed E-state index contributed by atoms with van der Waals surface area (Å²) in [7, 11) is 1.34. The molecule has 0 aliphatic carbocycles. The molecule has 4 aromatic rings. The first-order valence-electron chi connectivity index (χ1n) is 10.7. The molecule has 9 heteroatoms. The fourth-order valence-corrected chi connectivity index (χ4v) is 4.65. The Bertz CT molecular complexity index is 1390. The average Bonchev–Trinajstić information content (AvgIpc) is 3.50. The monoisotopic (exact) mass is 505 g/mol. The van der Waals surface area contributed by atoms with Crippen molar-refractivity contribution >= 4 is 40.6 Å².